The number of nitrogens with zero attached hydrogens (tertiary/aromatic N) is 1. The van der Waals surface area contributed by atoms with E-state index >= 15 is 0 Å². The van der Waals surface area contributed by atoms with Crippen LogP contribution in [0.15, 0.2) is 66.1 Å². The normalized spacial score (nSPS) is 18.0. The smallest absolute Gasteiger partial charge is 0.269 e. The molecule has 0 bridgehead atoms. The minimum absolute atomic E-state index is 0.0556. The summed E-state index contributed by atoms with van der Waals surface area (Å²) >= 11 is 0. The molecule has 0 radical (unpaired) electrons. The van der Waals surface area contributed by atoms with Crippen LogP contribution in [0.5, 0.6) is 0 Å². The van der Waals surface area contributed by atoms with Crippen LogP contribution in [-0.2, 0) is 16.0 Å². The van der Waals surface area contributed by atoms with Gasteiger partial charge in [-0.05, 0) is 35.6 Å². The molecule has 136 valence electrons. The first-order valence-corrected chi connectivity index (χ1v) is 8.76. The van der Waals surface area contributed by atoms with E-state index in [2.05, 4.69) is 11.4 Å². The molecule has 0 spiro atoms. The standard InChI is InChI=1S/C21H18N2O4/c1-13(24)22-20-12-19(15-6-9-16(10-7-15)23(25)26)18-11-8-14-4-2-3-5-17(14)21(18)27-20/h2-7,9-10,12,19H,8,11H2,1H3,(H,22,24). The maximum atomic E-state index is 11.6. The molecule has 1 unspecified atom stereocenters. The SMILES string of the molecule is CC(=O)NC1=CC(c2ccc([N+](=O)[O-])cc2)C2=C(O1)c1ccccc1CC2. The lowest BCUT2D eigenvalue weighted by Gasteiger charge is -2.32. The van der Waals surface area contributed by atoms with Gasteiger partial charge in [-0.1, -0.05) is 36.4 Å². The maximum Gasteiger partial charge on any atom is 0.269 e. The van der Waals surface area contributed by atoms with E-state index in [1.165, 1.54) is 24.6 Å². The average molecular weight is 362 g/mol. The average Bonchev–Trinajstić information content (AvgIpc) is 2.67. The van der Waals surface area contributed by atoms with Crippen LogP contribution in [-0.4, -0.2) is 10.8 Å². The van der Waals surface area contributed by atoms with Gasteiger partial charge in [0.05, 0.1) is 4.92 Å². The first kappa shape index (κ1) is 17.0. The predicted octanol–water partition coefficient (Wildman–Crippen LogP) is 4.04. The van der Waals surface area contributed by atoms with Gasteiger partial charge in [0.2, 0.25) is 5.91 Å². The summed E-state index contributed by atoms with van der Waals surface area (Å²) in [5, 5.41) is 13.7. The van der Waals surface area contributed by atoms with Crippen molar-refractivity contribution in [3.63, 3.8) is 0 Å². The van der Waals surface area contributed by atoms with Crippen molar-refractivity contribution in [3.05, 3.63) is 92.9 Å². The van der Waals surface area contributed by atoms with Crippen LogP contribution in [0.4, 0.5) is 5.69 Å². The number of nitro groups is 1. The Morgan fingerprint density at radius 3 is 2.59 bits per heavy atom. The third-order valence-corrected chi connectivity index (χ3v) is 4.89. The van der Waals surface area contributed by atoms with E-state index in [0.29, 0.717) is 5.88 Å². The van der Waals surface area contributed by atoms with E-state index in [-0.39, 0.29) is 17.5 Å². The van der Waals surface area contributed by atoms with E-state index in [1.54, 1.807) is 12.1 Å². The van der Waals surface area contributed by atoms with Crippen molar-refractivity contribution in [1.29, 1.82) is 0 Å². The highest BCUT2D eigenvalue weighted by molar-refractivity contribution is 5.77. The molecule has 4 rings (SSSR count). The first-order valence-electron chi connectivity index (χ1n) is 8.76. The third kappa shape index (κ3) is 3.21. The van der Waals surface area contributed by atoms with Gasteiger partial charge in [-0.15, -0.1) is 0 Å². The molecule has 6 nitrogen and oxygen atoms in total. The van der Waals surface area contributed by atoms with Gasteiger partial charge in [0.1, 0.15) is 5.76 Å². The zero-order chi connectivity index (χ0) is 19.0. The molecule has 0 saturated heterocycles. The number of ether oxygens (including phenoxy) is 1. The second-order valence-electron chi connectivity index (χ2n) is 6.65. The number of benzene rings is 2. The highest BCUT2D eigenvalue weighted by Gasteiger charge is 2.31. The Bertz CT molecular complexity index is 989. The highest BCUT2D eigenvalue weighted by Crippen LogP contribution is 2.44. The van der Waals surface area contributed by atoms with Crippen molar-refractivity contribution in [2.45, 2.75) is 25.7 Å². The fraction of sp³-hybridized carbons (Fsp3) is 0.190. The molecule has 1 heterocycles. The van der Waals surface area contributed by atoms with E-state index in [9.17, 15) is 14.9 Å². The lowest BCUT2D eigenvalue weighted by Crippen LogP contribution is -2.26. The highest BCUT2D eigenvalue weighted by atomic mass is 16.6. The molecular formula is C21H18N2O4. The maximum absolute atomic E-state index is 11.6. The van der Waals surface area contributed by atoms with Crippen molar-refractivity contribution < 1.29 is 14.5 Å². The van der Waals surface area contributed by atoms with E-state index < -0.39 is 4.92 Å². The van der Waals surface area contributed by atoms with Gasteiger partial charge in [0.25, 0.3) is 5.69 Å². The molecule has 2 aromatic carbocycles. The lowest BCUT2D eigenvalue weighted by atomic mass is 9.80. The summed E-state index contributed by atoms with van der Waals surface area (Å²) in [5.74, 6) is 0.842. The molecule has 1 amide bonds. The molecule has 6 heteroatoms. The molecule has 1 N–H and O–H groups in total. The number of nitrogens with one attached hydrogen (secondary N) is 1. The summed E-state index contributed by atoms with van der Waals surface area (Å²) in [6.07, 6.45) is 3.61. The Morgan fingerprint density at radius 2 is 1.89 bits per heavy atom. The van der Waals surface area contributed by atoms with Crippen LogP contribution >= 0.6 is 0 Å². The quantitative estimate of drug-likeness (QED) is 0.660. The number of carbonyl (C=O) groups is 1. The summed E-state index contributed by atoms with van der Waals surface area (Å²) < 4.78 is 6.04. The molecule has 27 heavy (non-hydrogen) atoms. The van der Waals surface area contributed by atoms with Crippen LogP contribution < -0.4 is 5.32 Å². The van der Waals surface area contributed by atoms with E-state index in [0.717, 1.165) is 35.3 Å². The number of carbonyl (C=O) groups excluding carboxylic acids is 1. The number of fused-ring (bicyclic) bond motifs is 2. The Hall–Kier alpha value is -3.41. The van der Waals surface area contributed by atoms with E-state index in [4.69, 9.17) is 4.74 Å². The molecule has 0 saturated carbocycles. The molecule has 1 aliphatic carbocycles. The largest absolute Gasteiger partial charge is 0.441 e. The Morgan fingerprint density at radius 1 is 1.15 bits per heavy atom. The van der Waals surface area contributed by atoms with Gasteiger partial charge >= 0.3 is 0 Å². The second-order valence-corrected chi connectivity index (χ2v) is 6.65. The van der Waals surface area contributed by atoms with Crippen LogP contribution in [0.25, 0.3) is 5.76 Å². The van der Waals surface area contributed by atoms with Crippen molar-refractivity contribution in [2.75, 3.05) is 0 Å². The fourth-order valence-electron chi connectivity index (χ4n) is 3.67. The molecule has 0 aromatic heterocycles. The minimum atomic E-state index is -0.409. The summed E-state index contributed by atoms with van der Waals surface area (Å²) in [4.78, 5) is 22.1. The number of allylic oxidation sites excluding steroid dienone is 2. The van der Waals surface area contributed by atoms with Crippen LogP contribution in [0, 0.1) is 10.1 Å². The lowest BCUT2D eigenvalue weighted by molar-refractivity contribution is -0.384. The molecule has 0 fully saturated rings. The Kier molecular flexibility index (Phi) is 4.24. The van der Waals surface area contributed by atoms with Gasteiger partial charge in [0, 0.05) is 30.5 Å². The molecule has 1 aliphatic heterocycles. The molecule has 2 aliphatic rings. The third-order valence-electron chi connectivity index (χ3n) is 4.89. The number of hydrogen-bond donors (Lipinski definition) is 1. The number of hydrogen-bond acceptors (Lipinski definition) is 4. The minimum Gasteiger partial charge on any atom is -0.441 e. The van der Waals surface area contributed by atoms with Gasteiger partial charge in [0.15, 0.2) is 5.88 Å². The number of amides is 1. The summed E-state index contributed by atoms with van der Waals surface area (Å²) in [7, 11) is 0. The van der Waals surface area contributed by atoms with Gasteiger partial charge in [-0.3, -0.25) is 20.2 Å². The Labute approximate surface area is 156 Å². The second kappa shape index (κ2) is 6.72. The van der Waals surface area contributed by atoms with Crippen LogP contribution in [0.3, 0.4) is 0 Å². The number of nitro benzene ring substituents is 1. The van der Waals surface area contributed by atoms with E-state index in [1.807, 2.05) is 24.3 Å². The van der Waals surface area contributed by atoms with Crippen molar-refractivity contribution >= 4 is 17.4 Å². The fourth-order valence-corrected chi connectivity index (χ4v) is 3.67. The summed E-state index contributed by atoms with van der Waals surface area (Å²) in [6.45, 7) is 1.43. The summed E-state index contributed by atoms with van der Waals surface area (Å²) in [6, 6.07) is 14.6. The van der Waals surface area contributed by atoms with Gasteiger partial charge < -0.3 is 4.74 Å². The van der Waals surface area contributed by atoms with Crippen molar-refractivity contribution in [1.82, 2.24) is 5.32 Å². The first-order chi connectivity index (χ1) is 13.0. The van der Waals surface area contributed by atoms with Gasteiger partial charge in [-0.25, -0.2) is 0 Å². The molecule has 2 aromatic rings. The van der Waals surface area contributed by atoms with Crippen molar-refractivity contribution in [3.8, 4) is 0 Å². The molecule has 1 atom stereocenters. The number of aryl methyl sites for hydroxylation is 1. The van der Waals surface area contributed by atoms with Crippen molar-refractivity contribution in [2.24, 2.45) is 0 Å². The zero-order valence-corrected chi connectivity index (χ0v) is 14.8. The van der Waals surface area contributed by atoms with Crippen LogP contribution in [0.1, 0.15) is 36.0 Å². The Balaban J connectivity index is 1.80. The monoisotopic (exact) mass is 362 g/mol. The van der Waals surface area contributed by atoms with Gasteiger partial charge in [-0.2, -0.15) is 0 Å². The predicted molar refractivity (Wildman–Crippen MR) is 101 cm³/mol. The summed E-state index contributed by atoms with van der Waals surface area (Å²) in [5.41, 5.74) is 4.35. The molecular weight excluding hydrogens is 344 g/mol. The zero-order valence-electron chi connectivity index (χ0n) is 14.8. The number of rotatable bonds is 3. The topological polar surface area (TPSA) is 81.5 Å². The van der Waals surface area contributed by atoms with Crippen LogP contribution in [0.2, 0.25) is 0 Å². The number of non-ortho nitro benzene ring substituents is 1.